The third-order valence-corrected chi connectivity index (χ3v) is 4.94. The molecule has 0 radical (unpaired) electrons. The third-order valence-electron chi connectivity index (χ3n) is 4.94. The maximum Gasteiger partial charge on any atom is 0.274 e. The number of nitrogens with zero attached hydrogens (tertiary/aromatic N) is 5. The molecule has 0 atom stereocenters. The van der Waals surface area contributed by atoms with Gasteiger partial charge in [-0.25, -0.2) is 5.10 Å². The van der Waals surface area contributed by atoms with Crippen LogP contribution in [0.2, 0.25) is 0 Å². The van der Waals surface area contributed by atoms with Gasteiger partial charge in [-0.1, -0.05) is 18.2 Å². The number of carbonyl (C=O) groups is 1. The highest BCUT2D eigenvalue weighted by atomic mass is 16.2. The Kier molecular flexibility index (Phi) is 4.72. The van der Waals surface area contributed by atoms with Crippen molar-refractivity contribution in [2.24, 2.45) is 7.05 Å². The topological polar surface area (TPSA) is 87.1 Å². The zero-order chi connectivity index (χ0) is 18.8. The van der Waals surface area contributed by atoms with Crippen LogP contribution in [0.15, 0.2) is 41.5 Å². The zero-order valence-electron chi connectivity index (χ0n) is 15.3. The van der Waals surface area contributed by atoms with E-state index in [-0.39, 0.29) is 11.5 Å². The lowest BCUT2D eigenvalue weighted by Crippen LogP contribution is -2.36. The Bertz CT molecular complexity index is 1020. The fourth-order valence-corrected chi connectivity index (χ4v) is 3.57. The minimum absolute atomic E-state index is 0.134. The number of fused-ring (bicyclic) bond motifs is 1. The van der Waals surface area contributed by atoms with Gasteiger partial charge in [0.05, 0.1) is 11.6 Å². The Balaban J connectivity index is 1.50. The first kappa shape index (κ1) is 17.4. The molecule has 3 heterocycles. The van der Waals surface area contributed by atoms with Gasteiger partial charge in [-0.2, -0.15) is 10.2 Å². The number of benzene rings is 1. The van der Waals surface area contributed by atoms with Crippen molar-refractivity contribution in [1.82, 2.24) is 29.8 Å². The average Bonchev–Trinajstić information content (AvgIpc) is 2.94. The first-order chi connectivity index (χ1) is 13.1. The summed E-state index contributed by atoms with van der Waals surface area (Å²) in [5.41, 5.74) is 1.21. The molecule has 1 aliphatic heterocycles. The van der Waals surface area contributed by atoms with Crippen LogP contribution in [0, 0.1) is 0 Å². The van der Waals surface area contributed by atoms with Crippen molar-refractivity contribution in [3.63, 3.8) is 0 Å². The second-order valence-corrected chi connectivity index (χ2v) is 6.89. The third kappa shape index (κ3) is 3.61. The Morgan fingerprint density at radius 1 is 1.15 bits per heavy atom. The molecule has 0 unspecified atom stereocenters. The summed E-state index contributed by atoms with van der Waals surface area (Å²) in [6, 6.07) is 7.09. The van der Waals surface area contributed by atoms with Crippen LogP contribution < -0.4 is 5.56 Å². The van der Waals surface area contributed by atoms with Gasteiger partial charge in [0, 0.05) is 56.9 Å². The van der Waals surface area contributed by atoms with Crippen LogP contribution in [0.4, 0.5) is 0 Å². The highest BCUT2D eigenvalue weighted by molar-refractivity contribution is 6.04. The second-order valence-electron chi connectivity index (χ2n) is 6.89. The van der Waals surface area contributed by atoms with Gasteiger partial charge in [0.2, 0.25) is 0 Å². The SMILES string of the molecule is Cn1cc(CN2CCCN(C(=O)c3n[nH]c(=O)c4ccccc34)CC2)cn1. The van der Waals surface area contributed by atoms with Crippen molar-refractivity contribution in [3.8, 4) is 0 Å². The fourth-order valence-electron chi connectivity index (χ4n) is 3.57. The lowest BCUT2D eigenvalue weighted by atomic mass is 10.1. The number of aromatic amines is 1. The Morgan fingerprint density at radius 2 is 1.96 bits per heavy atom. The molecule has 0 spiro atoms. The molecule has 140 valence electrons. The molecule has 0 bridgehead atoms. The van der Waals surface area contributed by atoms with Crippen LogP contribution in [0.3, 0.4) is 0 Å². The summed E-state index contributed by atoms with van der Waals surface area (Å²) in [6.07, 6.45) is 4.79. The minimum atomic E-state index is -0.277. The number of aryl methyl sites for hydroxylation is 1. The predicted molar refractivity (Wildman–Crippen MR) is 101 cm³/mol. The molecule has 0 saturated carbocycles. The van der Waals surface area contributed by atoms with Crippen LogP contribution in [-0.4, -0.2) is 61.9 Å². The number of nitrogens with one attached hydrogen (secondary N) is 1. The number of H-pyrrole nitrogens is 1. The van der Waals surface area contributed by atoms with E-state index in [1.807, 2.05) is 30.4 Å². The van der Waals surface area contributed by atoms with Crippen molar-refractivity contribution in [2.45, 2.75) is 13.0 Å². The molecule has 1 fully saturated rings. The van der Waals surface area contributed by atoms with Crippen molar-refractivity contribution >= 4 is 16.7 Å². The van der Waals surface area contributed by atoms with Crippen molar-refractivity contribution in [2.75, 3.05) is 26.2 Å². The Morgan fingerprint density at radius 3 is 2.74 bits per heavy atom. The molecule has 1 saturated heterocycles. The molecule has 27 heavy (non-hydrogen) atoms. The number of hydrogen-bond donors (Lipinski definition) is 1. The average molecular weight is 366 g/mol. The molecule has 2 aromatic heterocycles. The number of aromatic nitrogens is 4. The number of rotatable bonds is 3. The maximum atomic E-state index is 13.1. The molecule has 0 aliphatic carbocycles. The second kappa shape index (κ2) is 7.32. The van der Waals surface area contributed by atoms with E-state index in [0.717, 1.165) is 26.1 Å². The Labute approximate surface area is 156 Å². The van der Waals surface area contributed by atoms with Gasteiger partial charge in [-0.05, 0) is 12.5 Å². The molecule has 1 aliphatic rings. The van der Waals surface area contributed by atoms with Gasteiger partial charge in [0.1, 0.15) is 0 Å². The van der Waals surface area contributed by atoms with Crippen LogP contribution in [0.25, 0.3) is 10.8 Å². The summed E-state index contributed by atoms with van der Waals surface area (Å²) in [6.45, 7) is 3.86. The molecule has 4 rings (SSSR count). The van der Waals surface area contributed by atoms with Crippen molar-refractivity contribution < 1.29 is 4.79 Å². The summed E-state index contributed by atoms with van der Waals surface area (Å²) in [5, 5.41) is 11.8. The lowest BCUT2D eigenvalue weighted by molar-refractivity contribution is 0.0756. The number of hydrogen-bond acceptors (Lipinski definition) is 5. The summed E-state index contributed by atoms with van der Waals surface area (Å²) < 4.78 is 1.80. The van der Waals surface area contributed by atoms with Gasteiger partial charge in [0.15, 0.2) is 5.69 Å². The monoisotopic (exact) mass is 366 g/mol. The highest BCUT2D eigenvalue weighted by Crippen LogP contribution is 2.16. The van der Waals surface area contributed by atoms with Gasteiger partial charge in [-0.3, -0.25) is 19.2 Å². The zero-order valence-corrected chi connectivity index (χ0v) is 15.3. The quantitative estimate of drug-likeness (QED) is 0.747. The largest absolute Gasteiger partial charge is 0.336 e. The van der Waals surface area contributed by atoms with Crippen molar-refractivity contribution in [3.05, 3.63) is 58.3 Å². The number of amides is 1. The molecule has 1 amide bonds. The lowest BCUT2D eigenvalue weighted by Gasteiger charge is -2.21. The highest BCUT2D eigenvalue weighted by Gasteiger charge is 2.23. The standard InChI is InChI=1S/C19H22N6O2/c1-23-12-14(11-20-23)13-24-7-4-8-25(10-9-24)19(27)17-15-5-2-3-6-16(15)18(26)22-21-17/h2-3,5-6,11-12H,4,7-10,13H2,1H3,(H,22,26). The molecule has 1 aromatic carbocycles. The van der Waals surface area contributed by atoms with Crippen LogP contribution in [0.1, 0.15) is 22.5 Å². The van der Waals surface area contributed by atoms with Crippen LogP contribution in [-0.2, 0) is 13.6 Å². The van der Waals surface area contributed by atoms with E-state index in [1.165, 1.54) is 5.56 Å². The van der Waals surface area contributed by atoms with E-state index in [4.69, 9.17) is 0 Å². The van der Waals surface area contributed by atoms with E-state index < -0.39 is 0 Å². The van der Waals surface area contributed by atoms with Crippen molar-refractivity contribution in [1.29, 1.82) is 0 Å². The van der Waals surface area contributed by atoms with Gasteiger partial charge < -0.3 is 4.90 Å². The molecular weight excluding hydrogens is 344 g/mol. The molecule has 3 aromatic rings. The predicted octanol–water partition coefficient (Wildman–Crippen LogP) is 1.00. The Hall–Kier alpha value is -3.00. The minimum Gasteiger partial charge on any atom is -0.336 e. The summed E-state index contributed by atoms with van der Waals surface area (Å²) >= 11 is 0. The molecule has 8 nitrogen and oxygen atoms in total. The van der Waals surface area contributed by atoms with Gasteiger partial charge in [-0.15, -0.1) is 0 Å². The first-order valence-corrected chi connectivity index (χ1v) is 9.08. The first-order valence-electron chi connectivity index (χ1n) is 9.08. The van der Waals surface area contributed by atoms with Gasteiger partial charge >= 0.3 is 0 Å². The van der Waals surface area contributed by atoms with Gasteiger partial charge in [0.25, 0.3) is 11.5 Å². The molecule has 8 heteroatoms. The van der Waals surface area contributed by atoms with E-state index in [0.29, 0.717) is 29.6 Å². The number of carbonyl (C=O) groups excluding carboxylic acids is 1. The van der Waals surface area contributed by atoms with E-state index in [9.17, 15) is 9.59 Å². The van der Waals surface area contributed by atoms with E-state index in [2.05, 4.69) is 20.2 Å². The molecule has 1 N–H and O–H groups in total. The fraction of sp³-hybridized carbons (Fsp3) is 0.368. The van der Waals surface area contributed by atoms with E-state index >= 15 is 0 Å². The summed E-state index contributed by atoms with van der Waals surface area (Å²) in [7, 11) is 1.91. The summed E-state index contributed by atoms with van der Waals surface area (Å²) in [4.78, 5) is 29.2. The molecular formula is C19H22N6O2. The smallest absolute Gasteiger partial charge is 0.274 e. The maximum absolute atomic E-state index is 13.1. The summed E-state index contributed by atoms with van der Waals surface area (Å²) in [5.74, 6) is -0.134. The van der Waals surface area contributed by atoms with Crippen LogP contribution in [0.5, 0.6) is 0 Å². The normalized spacial score (nSPS) is 15.8. The van der Waals surface area contributed by atoms with Crippen LogP contribution >= 0.6 is 0 Å². The van der Waals surface area contributed by atoms with E-state index in [1.54, 1.807) is 22.9 Å².